The van der Waals surface area contributed by atoms with E-state index in [0.717, 1.165) is 29.0 Å². The quantitative estimate of drug-likeness (QED) is 0.423. The molecule has 0 atom stereocenters. The van der Waals surface area contributed by atoms with Gasteiger partial charge in [0.05, 0.1) is 17.8 Å². The molecule has 0 saturated heterocycles. The standard InChI is InChI=1S/C26H20F3N3O2/c1-18-7-12-24-31-22(16-32(24)15-18)17-34-23-10-8-20(9-11-23)25(33)30-13-3-5-19-4-2-6-21(14-19)26(27,28)29/h2,4,6-12,14-16H,13,17H2,1H3,(H,30,33). The maximum atomic E-state index is 12.8. The molecule has 34 heavy (non-hydrogen) atoms. The highest BCUT2D eigenvalue weighted by atomic mass is 19.4. The van der Waals surface area contributed by atoms with Gasteiger partial charge in [0.2, 0.25) is 0 Å². The molecule has 4 rings (SSSR count). The molecule has 0 radical (unpaired) electrons. The normalized spacial score (nSPS) is 11.1. The number of alkyl halides is 3. The van der Waals surface area contributed by atoms with Crippen LogP contribution in [-0.4, -0.2) is 21.8 Å². The molecule has 0 aliphatic rings. The number of amides is 1. The van der Waals surface area contributed by atoms with Crippen molar-refractivity contribution in [2.24, 2.45) is 0 Å². The maximum Gasteiger partial charge on any atom is 0.416 e. The Morgan fingerprint density at radius 2 is 1.88 bits per heavy atom. The minimum Gasteiger partial charge on any atom is -0.487 e. The van der Waals surface area contributed by atoms with Gasteiger partial charge in [-0.2, -0.15) is 13.2 Å². The van der Waals surface area contributed by atoms with Gasteiger partial charge in [0.25, 0.3) is 5.91 Å². The summed E-state index contributed by atoms with van der Waals surface area (Å²) < 4.78 is 46.0. The van der Waals surface area contributed by atoms with E-state index in [4.69, 9.17) is 4.74 Å². The number of carbonyl (C=O) groups is 1. The average Bonchev–Trinajstić information content (AvgIpc) is 3.22. The third kappa shape index (κ3) is 5.75. The second-order valence-corrected chi connectivity index (χ2v) is 7.58. The fourth-order valence-electron chi connectivity index (χ4n) is 3.23. The third-order valence-electron chi connectivity index (χ3n) is 4.91. The molecule has 5 nitrogen and oxygen atoms in total. The number of imidazole rings is 1. The van der Waals surface area contributed by atoms with E-state index in [1.165, 1.54) is 12.1 Å². The number of hydrogen-bond acceptors (Lipinski definition) is 3. The van der Waals surface area contributed by atoms with Crippen LogP contribution in [0.5, 0.6) is 5.75 Å². The Bertz CT molecular complexity index is 1380. The Labute approximate surface area is 194 Å². The van der Waals surface area contributed by atoms with Crippen molar-refractivity contribution in [2.75, 3.05) is 6.54 Å². The van der Waals surface area contributed by atoms with Crippen molar-refractivity contribution in [3.8, 4) is 17.6 Å². The predicted octanol–water partition coefficient (Wildman–Crippen LogP) is 5.02. The van der Waals surface area contributed by atoms with Gasteiger partial charge >= 0.3 is 6.18 Å². The molecule has 0 saturated carbocycles. The predicted molar refractivity (Wildman–Crippen MR) is 121 cm³/mol. The van der Waals surface area contributed by atoms with E-state index in [1.807, 2.05) is 35.9 Å². The fraction of sp³-hybridized carbons (Fsp3) is 0.154. The smallest absolute Gasteiger partial charge is 0.416 e. The van der Waals surface area contributed by atoms with Crippen LogP contribution in [0.3, 0.4) is 0 Å². The van der Waals surface area contributed by atoms with Crippen molar-refractivity contribution in [1.29, 1.82) is 0 Å². The molecule has 0 unspecified atom stereocenters. The molecule has 4 aromatic rings. The second-order valence-electron chi connectivity index (χ2n) is 7.58. The molecule has 2 heterocycles. The van der Waals surface area contributed by atoms with Gasteiger partial charge in [-0.15, -0.1) is 0 Å². The van der Waals surface area contributed by atoms with Crippen LogP contribution >= 0.6 is 0 Å². The lowest BCUT2D eigenvalue weighted by molar-refractivity contribution is -0.137. The number of rotatable bonds is 5. The number of nitrogens with one attached hydrogen (secondary N) is 1. The lowest BCUT2D eigenvalue weighted by atomic mass is 10.1. The van der Waals surface area contributed by atoms with Crippen LogP contribution in [0, 0.1) is 18.8 Å². The van der Waals surface area contributed by atoms with Crippen LogP contribution in [0.25, 0.3) is 5.65 Å². The van der Waals surface area contributed by atoms with Gasteiger partial charge < -0.3 is 14.5 Å². The number of halogens is 3. The minimum absolute atomic E-state index is 0.000684. The Morgan fingerprint density at radius 1 is 1.09 bits per heavy atom. The molecule has 0 spiro atoms. The summed E-state index contributed by atoms with van der Waals surface area (Å²) in [5.74, 6) is 5.53. The largest absolute Gasteiger partial charge is 0.487 e. The van der Waals surface area contributed by atoms with E-state index in [-0.39, 0.29) is 24.6 Å². The number of nitrogens with zero attached hydrogens (tertiary/aromatic N) is 2. The van der Waals surface area contributed by atoms with Crippen LogP contribution in [0.15, 0.2) is 73.1 Å². The molecule has 0 aliphatic heterocycles. The van der Waals surface area contributed by atoms with Crippen molar-refractivity contribution in [2.45, 2.75) is 19.7 Å². The van der Waals surface area contributed by atoms with Gasteiger partial charge in [0.15, 0.2) is 0 Å². The Kier molecular flexibility index (Phi) is 6.55. The summed E-state index contributed by atoms with van der Waals surface area (Å²) in [7, 11) is 0. The molecule has 172 valence electrons. The highest BCUT2D eigenvalue weighted by Gasteiger charge is 2.30. The van der Waals surface area contributed by atoms with E-state index in [9.17, 15) is 18.0 Å². The number of aromatic nitrogens is 2. The van der Waals surface area contributed by atoms with Crippen molar-refractivity contribution in [3.05, 3.63) is 101 Å². The minimum atomic E-state index is -4.42. The molecule has 0 aliphatic carbocycles. The summed E-state index contributed by atoms with van der Waals surface area (Å²) >= 11 is 0. The van der Waals surface area contributed by atoms with Crippen LogP contribution in [0.2, 0.25) is 0 Å². The van der Waals surface area contributed by atoms with E-state index < -0.39 is 11.7 Å². The Morgan fingerprint density at radius 3 is 2.65 bits per heavy atom. The summed E-state index contributed by atoms with van der Waals surface area (Å²) in [6.45, 7) is 2.30. The number of carbonyl (C=O) groups excluding carboxylic acids is 1. The van der Waals surface area contributed by atoms with Crippen molar-refractivity contribution in [1.82, 2.24) is 14.7 Å². The number of fused-ring (bicyclic) bond motifs is 1. The highest BCUT2D eigenvalue weighted by molar-refractivity contribution is 5.94. The monoisotopic (exact) mass is 463 g/mol. The Hall–Kier alpha value is -4.25. The van der Waals surface area contributed by atoms with Crippen molar-refractivity contribution < 1.29 is 22.7 Å². The number of pyridine rings is 1. The lowest BCUT2D eigenvalue weighted by Gasteiger charge is -2.06. The summed E-state index contributed by atoms with van der Waals surface area (Å²) in [4.78, 5) is 16.8. The number of aryl methyl sites for hydroxylation is 1. The molecule has 8 heteroatoms. The molecule has 1 amide bonds. The summed E-state index contributed by atoms with van der Waals surface area (Å²) in [6.07, 6.45) is -0.526. The molecule has 1 N–H and O–H groups in total. The first kappa shape index (κ1) is 22.9. The van der Waals surface area contributed by atoms with Crippen molar-refractivity contribution >= 4 is 11.6 Å². The third-order valence-corrected chi connectivity index (χ3v) is 4.91. The van der Waals surface area contributed by atoms with E-state index in [1.54, 1.807) is 24.3 Å². The van der Waals surface area contributed by atoms with Crippen LogP contribution in [0.1, 0.15) is 32.7 Å². The lowest BCUT2D eigenvalue weighted by Crippen LogP contribution is -2.23. The average molecular weight is 463 g/mol. The van der Waals surface area contributed by atoms with Crippen LogP contribution in [0.4, 0.5) is 13.2 Å². The van der Waals surface area contributed by atoms with E-state index >= 15 is 0 Å². The van der Waals surface area contributed by atoms with Gasteiger partial charge in [-0.3, -0.25) is 4.79 Å². The fourth-order valence-corrected chi connectivity index (χ4v) is 3.23. The van der Waals surface area contributed by atoms with E-state index in [2.05, 4.69) is 22.1 Å². The zero-order valence-electron chi connectivity index (χ0n) is 18.2. The topological polar surface area (TPSA) is 55.6 Å². The summed E-state index contributed by atoms with van der Waals surface area (Å²) in [6, 6.07) is 15.3. The first-order valence-electron chi connectivity index (χ1n) is 10.4. The SMILES string of the molecule is Cc1ccc2nc(COc3ccc(C(=O)NCC#Cc4cccc(C(F)(F)F)c4)cc3)cn2c1. The van der Waals surface area contributed by atoms with E-state index in [0.29, 0.717) is 11.3 Å². The zero-order chi connectivity index (χ0) is 24.1. The highest BCUT2D eigenvalue weighted by Crippen LogP contribution is 2.29. The van der Waals surface area contributed by atoms with Crippen LogP contribution < -0.4 is 10.1 Å². The molecular formula is C26H20F3N3O2. The molecule has 0 fully saturated rings. The Balaban J connectivity index is 1.29. The maximum absolute atomic E-state index is 12.8. The van der Waals surface area contributed by atoms with Crippen LogP contribution in [-0.2, 0) is 12.8 Å². The summed E-state index contributed by atoms with van der Waals surface area (Å²) in [5.41, 5.74) is 2.64. The van der Waals surface area contributed by atoms with Gasteiger partial charge in [-0.05, 0) is 61.0 Å². The molecule has 2 aromatic heterocycles. The van der Waals surface area contributed by atoms with Crippen molar-refractivity contribution in [3.63, 3.8) is 0 Å². The van der Waals surface area contributed by atoms with Gasteiger partial charge in [0.1, 0.15) is 18.0 Å². The van der Waals surface area contributed by atoms with Gasteiger partial charge in [-0.1, -0.05) is 24.0 Å². The first-order valence-corrected chi connectivity index (χ1v) is 10.4. The molecular weight excluding hydrogens is 443 g/mol. The first-order chi connectivity index (χ1) is 16.3. The number of benzene rings is 2. The summed E-state index contributed by atoms with van der Waals surface area (Å²) in [5, 5.41) is 2.62. The molecule has 2 aromatic carbocycles. The molecule has 0 bridgehead atoms. The van der Waals surface area contributed by atoms with Gasteiger partial charge in [0, 0.05) is 23.5 Å². The van der Waals surface area contributed by atoms with Gasteiger partial charge in [-0.25, -0.2) is 4.98 Å². The second kappa shape index (κ2) is 9.71. The zero-order valence-corrected chi connectivity index (χ0v) is 18.2. The number of ether oxygens (including phenoxy) is 1. The number of hydrogen-bond donors (Lipinski definition) is 1.